The molecule has 0 aliphatic heterocycles. The van der Waals surface area contributed by atoms with Gasteiger partial charge >= 0.3 is 12.2 Å². The molecule has 0 aliphatic rings. The predicted molar refractivity (Wildman–Crippen MR) is 114 cm³/mol. The Morgan fingerprint density at radius 3 is 2.52 bits per heavy atom. The van der Waals surface area contributed by atoms with Gasteiger partial charge in [-0.05, 0) is 31.2 Å². The number of urea groups is 1. The Balaban J connectivity index is 1.86. The van der Waals surface area contributed by atoms with Crippen molar-refractivity contribution in [2.45, 2.75) is 18.7 Å². The Morgan fingerprint density at radius 2 is 1.88 bits per heavy atom. The summed E-state index contributed by atoms with van der Waals surface area (Å²) in [5, 5.41) is 17.2. The normalized spacial score (nSPS) is 13.3. The molecule has 1 atom stereocenters. The molecular weight excluding hydrogens is 468 g/mol. The van der Waals surface area contributed by atoms with Gasteiger partial charge < -0.3 is 20.5 Å². The van der Waals surface area contributed by atoms with E-state index in [1.165, 1.54) is 26.2 Å². The van der Waals surface area contributed by atoms with E-state index in [1.807, 2.05) is 5.32 Å². The fourth-order valence-corrected chi connectivity index (χ4v) is 3.83. The highest BCUT2D eigenvalue weighted by Gasteiger charge is 2.60. The molecule has 0 saturated heterocycles. The number of methoxy groups -OCH3 is 1. The number of benzene rings is 2. The standard InChI is InChI=1S/C20H18F4N4O4S/c1-3-25-16(29)19(31,20(22,23)24)10-4-6-13-15(8-10)33-18(27-13)28-17(30)26-12-7-5-11(21)9-14(12)32-2/h4-9,31H,3H2,1-2H3,(H,25,29)(H2,26,27,28,30)/t19-/m0/s1. The third-order valence-corrected chi connectivity index (χ3v) is 5.45. The molecular formula is C20H18F4N4O4S. The number of ether oxygens (including phenoxy) is 1. The van der Waals surface area contributed by atoms with Crippen molar-refractivity contribution in [3.8, 4) is 5.75 Å². The minimum atomic E-state index is -5.28. The third kappa shape index (κ3) is 4.83. The van der Waals surface area contributed by atoms with Crippen LogP contribution in [0.1, 0.15) is 12.5 Å². The molecule has 13 heteroatoms. The summed E-state index contributed by atoms with van der Waals surface area (Å²) in [5.74, 6) is -2.09. The van der Waals surface area contributed by atoms with Gasteiger partial charge in [0.2, 0.25) is 0 Å². The van der Waals surface area contributed by atoms with Crippen LogP contribution in [0.2, 0.25) is 0 Å². The van der Waals surface area contributed by atoms with Gasteiger partial charge in [0.15, 0.2) is 5.13 Å². The fourth-order valence-electron chi connectivity index (χ4n) is 2.93. The monoisotopic (exact) mass is 486 g/mol. The van der Waals surface area contributed by atoms with E-state index >= 15 is 0 Å². The lowest BCUT2D eigenvalue weighted by Gasteiger charge is -2.29. The van der Waals surface area contributed by atoms with Gasteiger partial charge in [0.1, 0.15) is 11.6 Å². The van der Waals surface area contributed by atoms with Gasteiger partial charge in [-0.25, -0.2) is 14.2 Å². The number of aromatic nitrogens is 1. The van der Waals surface area contributed by atoms with Gasteiger partial charge in [0.25, 0.3) is 11.5 Å². The van der Waals surface area contributed by atoms with Crippen molar-refractivity contribution in [3.63, 3.8) is 0 Å². The zero-order valence-electron chi connectivity index (χ0n) is 17.2. The fraction of sp³-hybridized carbons (Fsp3) is 0.250. The number of hydrogen-bond acceptors (Lipinski definition) is 6. The van der Waals surface area contributed by atoms with Crippen molar-refractivity contribution in [1.29, 1.82) is 0 Å². The molecule has 0 unspecified atom stereocenters. The zero-order valence-corrected chi connectivity index (χ0v) is 18.0. The van der Waals surface area contributed by atoms with Crippen molar-refractivity contribution in [1.82, 2.24) is 10.3 Å². The third-order valence-electron chi connectivity index (χ3n) is 4.51. The number of nitrogens with zero attached hydrogens (tertiary/aromatic N) is 1. The number of alkyl halides is 3. The van der Waals surface area contributed by atoms with E-state index in [0.717, 1.165) is 35.6 Å². The van der Waals surface area contributed by atoms with E-state index < -0.39 is 35.1 Å². The van der Waals surface area contributed by atoms with Crippen LogP contribution in [0.15, 0.2) is 36.4 Å². The molecule has 8 nitrogen and oxygen atoms in total. The maximum Gasteiger partial charge on any atom is 0.430 e. The molecule has 33 heavy (non-hydrogen) atoms. The van der Waals surface area contributed by atoms with Gasteiger partial charge in [-0.1, -0.05) is 17.4 Å². The van der Waals surface area contributed by atoms with Crippen LogP contribution in [0.5, 0.6) is 5.75 Å². The van der Waals surface area contributed by atoms with Gasteiger partial charge in [0.05, 0.1) is 23.0 Å². The Kier molecular flexibility index (Phi) is 6.74. The number of carbonyl (C=O) groups is 2. The highest BCUT2D eigenvalue weighted by molar-refractivity contribution is 7.22. The lowest BCUT2D eigenvalue weighted by atomic mass is 9.92. The van der Waals surface area contributed by atoms with E-state index in [1.54, 1.807) is 0 Å². The van der Waals surface area contributed by atoms with Crippen molar-refractivity contribution in [2.24, 2.45) is 0 Å². The number of nitrogens with one attached hydrogen (secondary N) is 3. The lowest BCUT2D eigenvalue weighted by Crippen LogP contribution is -2.54. The number of carbonyl (C=O) groups excluding carboxylic acids is 2. The van der Waals surface area contributed by atoms with E-state index in [-0.39, 0.29) is 33.3 Å². The smallest absolute Gasteiger partial charge is 0.430 e. The van der Waals surface area contributed by atoms with Crippen molar-refractivity contribution >= 4 is 44.3 Å². The average molecular weight is 486 g/mol. The summed E-state index contributed by atoms with van der Waals surface area (Å²) in [4.78, 5) is 28.4. The summed E-state index contributed by atoms with van der Waals surface area (Å²) in [7, 11) is 1.30. The molecule has 4 N–H and O–H groups in total. The minimum absolute atomic E-state index is 0.0364. The van der Waals surface area contributed by atoms with Crippen molar-refractivity contribution in [2.75, 3.05) is 24.3 Å². The molecule has 3 aromatic rings. The van der Waals surface area contributed by atoms with Crippen molar-refractivity contribution < 1.29 is 37.0 Å². The quantitative estimate of drug-likeness (QED) is 0.394. The zero-order chi connectivity index (χ0) is 24.4. The minimum Gasteiger partial charge on any atom is -0.494 e. The number of thiazole rings is 1. The molecule has 3 amide bonds. The number of amides is 3. The molecule has 0 saturated carbocycles. The number of hydrogen-bond donors (Lipinski definition) is 4. The highest BCUT2D eigenvalue weighted by Crippen LogP contribution is 2.41. The first kappa shape index (κ1) is 24.2. The molecule has 3 rings (SSSR count). The Bertz CT molecular complexity index is 1200. The average Bonchev–Trinajstić information content (AvgIpc) is 3.14. The van der Waals surface area contributed by atoms with Crippen LogP contribution < -0.4 is 20.7 Å². The maximum absolute atomic E-state index is 13.6. The van der Waals surface area contributed by atoms with E-state index in [2.05, 4.69) is 15.6 Å². The number of aliphatic hydroxyl groups is 1. The first-order valence-corrected chi connectivity index (χ1v) is 10.2. The number of anilines is 2. The number of rotatable bonds is 6. The van der Waals surface area contributed by atoms with Crippen LogP contribution in [0.3, 0.4) is 0 Å². The molecule has 0 aliphatic carbocycles. The lowest BCUT2D eigenvalue weighted by molar-refractivity contribution is -0.256. The van der Waals surface area contributed by atoms with Crippen LogP contribution in [0.4, 0.5) is 33.2 Å². The highest BCUT2D eigenvalue weighted by atomic mass is 32.1. The van der Waals surface area contributed by atoms with Crippen LogP contribution in [-0.4, -0.2) is 41.9 Å². The first-order chi connectivity index (χ1) is 15.5. The SMILES string of the molecule is CCNC(=O)[C@@](O)(c1ccc2nc(NC(=O)Nc3ccc(F)cc3OC)sc2c1)C(F)(F)F. The largest absolute Gasteiger partial charge is 0.494 e. The summed E-state index contributed by atoms with van der Waals surface area (Å²) in [6.07, 6.45) is -5.28. The second-order valence-corrected chi connectivity index (χ2v) is 7.72. The maximum atomic E-state index is 13.6. The van der Waals surface area contributed by atoms with Gasteiger partial charge in [-0.15, -0.1) is 0 Å². The summed E-state index contributed by atoms with van der Waals surface area (Å²) in [6, 6.07) is 5.85. The molecule has 0 fully saturated rings. The number of fused-ring (bicyclic) bond motifs is 1. The van der Waals surface area contributed by atoms with Crippen LogP contribution >= 0.6 is 11.3 Å². The predicted octanol–water partition coefficient (Wildman–Crippen LogP) is 3.97. The second-order valence-electron chi connectivity index (χ2n) is 6.69. The Hall–Kier alpha value is -3.45. The van der Waals surface area contributed by atoms with Crippen LogP contribution in [-0.2, 0) is 10.4 Å². The Morgan fingerprint density at radius 1 is 1.15 bits per heavy atom. The van der Waals surface area contributed by atoms with E-state index in [9.17, 15) is 32.3 Å². The van der Waals surface area contributed by atoms with Crippen LogP contribution in [0, 0.1) is 5.82 Å². The molecule has 0 bridgehead atoms. The molecule has 1 aromatic heterocycles. The molecule has 176 valence electrons. The topological polar surface area (TPSA) is 113 Å². The van der Waals surface area contributed by atoms with Gasteiger partial charge in [-0.2, -0.15) is 13.2 Å². The molecule has 0 spiro atoms. The Labute approximate surface area is 188 Å². The second kappa shape index (κ2) is 9.19. The molecule has 2 aromatic carbocycles. The summed E-state index contributed by atoms with van der Waals surface area (Å²) >= 11 is 0.830. The van der Waals surface area contributed by atoms with Crippen LogP contribution in [0.25, 0.3) is 10.2 Å². The summed E-state index contributed by atoms with van der Waals surface area (Å²) in [6.45, 7) is 1.31. The number of halogens is 4. The van der Waals surface area contributed by atoms with E-state index in [0.29, 0.717) is 0 Å². The van der Waals surface area contributed by atoms with Crippen molar-refractivity contribution in [3.05, 3.63) is 47.8 Å². The molecule has 0 radical (unpaired) electrons. The first-order valence-electron chi connectivity index (χ1n) is 9.39. The van der Waals surface area contributed by atoms with E-state index in [4.69, 9.17) is 4.74 Å². The number of likely N-dealkylation sites (N-methyl/N-ethyl adjacent to an activating group) is 1. The van der Waals surface area contributed by atoms with Gasteiger partial charge in [-0.3, -0.25) is 10.1 Å². The summed E-state index contributed by atoms with van der Waals surface area (Å²) < 4.78 is 59.3. The van der Waals surface area contributed by atoms with Gasteiger partial charge in [0, 0.05) is 18.2 Å². The molecule has 1 heterocycles. The summed E-state index contributed by atoms with van der Waals surface area (Å²) in [5.41, 5.74) is -4.04.